The van der Waals surface area contributed by atoms with E-state index in [1.165, 1.54) is 25.3 Å². The number of methoxy groups -OCH3 is 1. The van der Waals surface area contributed by atoms with E-state index in [4.69, 9.17) is 16.3 Å². The lowest BCUT2D eigenvalue weighted by atomic mass is 10.2. The zero-order chi connectivity index (χ0) is 20.0. The van der Waals surface area contributed by atoms with Gasteiger partial charge in [0.2, 0.25) is 15.9 Å². The molecular weight excluding hydrogens is 388 g/mol. The fourth-order valence-electron chi connectivity index (χ4n) is 2.27. The minimum Gasteiger partial charge on any atom is -0.495 e. The van der Waals surface area contributed by atoms with E-state index in [1.54, 1.807) is 50.2 Å². The average molecular weight is 409 g/mol. The molecule has 2 N–H and O–H groups in total. The summed E-state index contributed by atoms with van der Waals surface area (Å²) in [6.07, 6.45) is 2.85. The first kappa shape index (κ1) is 21.0. The van der Waals surface area contributed by atoms with E-state index in [-0.39, 0.29) is 22.6 Å². The Morgan fingerprint density at radius 1 is 1.15 bits per heavy atom. The van der Waals surface area contributed by atoms with Crippen molar-refractivity contribution in [1.82, 2.24) is 4.72 Å². The van der Waals surface area contributed by atoms with Gasteiger partial charge in [0.25, 0.3) is 0 Å². The minimum absolute atomic E-state index is 0.0129. The standard InChI is InChI=1S/C19H21ClN2O4S/c1-13(2)22-27(24,25)18-12-14(4-10-17(18)26-3)5-11-19(23)21-16-8-6-15(20)7-9-16/h4-13,22H,1-3H3,(H,21,23). The van der Waals surface area contributed by atoms with Crippen LogP contribution >= 0.6 is 11.6 Å². The van der Waals surface area contributed by atoms with E-state index in [9.17, 15) is 13.2 Å². The highest BCUT2D eigenvalue weighted by Crippen LogP contribution is 2.25. The molecule has 0 saturated carbocycles. The maximum Gasteiger partial charge on any atom is 0.248 e. The van der Waals surface area contributed by atoms with Crippen LogP contribution in [0.15, 0.2) is 53.4 Å². The Morgan fingerprint density at radius 3 is 2.41 bits per heavy atom. The van der Waals surface area contributed by atoms with Gasteiger partial charge in [-0.3, -0.25) is 4.79 Å². The molecule has 0 fully saturated rings. The summed E-state index contributed by atoms with van der Waals surface area (Å²) in [5, 5.41) is 3.27. The molecular formula is C19H21ClN2O4S. The Kier molecular flexibility index (Phi) is 7.01. The summed E-state index contributed by atoms with van der Waals surface area (Å²) in [6, 6.07) is 11.1. The van der Waals surface area contributed by atoms with E-state index < -0.39 is 10.0 Å². The van der Waals surface area contributed by atoms with Crippen LogP contribution in [0.4, 0.5) is 5.69 Å². The van der Waals surface area contributed by atoms with Crippen molar-refractivity contribution in [2.45, 2.75) is 24.8 Å². The van der Waals surface area contributed by atoms with Gasteiger partial charge in [0.15, 0.2) is 0 Å². The number of hydrogen-bond donors (Lipinski definition) is 2. The topological polar surface area (TPSA) is 84.5 Å². The Bertz CT molecular complexity index is 939. The van der Waals surface area contributed by atoms with Gasteiger partial charge in [-0.05, 0) is 61.9 Å². The van der Waals surface area contributed by atoms with Gasteiger partial charge >= 0.3 is 0 Å². The minimum atomic E-state index is -3.74. The van der Waals surface area contributed by atoms with Crippen LogP contribution in [-0.2, 0) is 14.8 Å². The Labute approximate surface area is 164 Å². The number of rotatable bonds is 7. The van der Waals surface area contributed by atoms with Crippen molar-refractivity contribution in [2.24, 2.45) is 0 Å². The monoisotopic (exact) mass is 408 g/mol. The quantitative estimate of drug-likeness (QED) is 0.684. The van der Waals surface area contributed by atoms with Gasteiger partial charge in [-0.2, -0.15) is 0 Å². The molecule has 8 heteroatoms. The molecule has 0 aliphatic rings. The van der Waals surface area contributed by atoms with Gasteiger partial charge in [0.05, 0.1) is 7.11 Å². The van der Waals surface area contributed by atoms with Crippen LogP contribution in [0.3, 0.4) is 0 Å². The number of carbonyl (C=O) groups is 1. The molecule has 0 heterocycles. The summed E-state index contributed by atoms with van der Waals surface area (Å²) < 4.78 is 32.6. The largest absolute Gasteiger partial charge is 0.495 e. The molecule has 2 rings (SSSR count). The molecule has 0 saturated heterocycles. The number of hydrogen-bond acceptors (Lipinski definition) is 4. The van der Waals surface area contributed by atoms with Crippen LogP contribution in [0.25, 0.3) is 6.08 Å². The zero-order valence-corrected chi connectivity index (χ0v) is 16.8. The first-order chi connectivity index (χ1) is 12.7. The fraction of sp³-hybridized carbons (Fsp3) is 0.211. The first-order valence-corrected chi connectivity index (χ1v) is 10.0. The predicted molar refractivity (Wildman–Crippen MR) is 108 cm³/mol. The fourth-order valence-corrected chi connectivity index (χ4v) is 3.85. The van der Waals surface area contributed by atoms with Gasteiger partial charge in [-0.25, -0.2) is 13.1 Å². The summed E-state index contributed by atoms with van der Waals surface area (Å²) in [4.78, 5) is 12.0. The lowest BCUT2D eigenvalue weighted by Gasteiger charge is -2.13. The molecule has 144 valence electrons. The first-order valence-electron chi connectivity index (χ1n) is 8.16. The van der Waals surface area contributed by atoms with E-state index in [2.05, 4.69) is 10.0 Å². The second kappa shape index (κ2) is 9.03. The smallest absolute Gasteiger partial charge is 0.248 e. The number of benzene rings is 2. The molecule has 27 heavy (non-hydrogen) atoms. The van der Waals surface area contributed by atoms with Crippen molar-refractivity contribution in [1.29, 1.82) is 0 Å². The van der Waals surface area contributed by atoms with Gasteiger partial charge in [0.1, 0.15) is 10.6 Å². The molecule has 2 aromatic carbocycles. The van der Waals surface area contributed by atoms with Gasteiger partial charge in [-0.1, -0.05) is 17.7 Å². The van der Waals surface area contributed by atoms with E-state index in [0.717, 1.165) is 0 Å². The third kappa shape index (κ3) is 6.09. The predicted octanol–water partition coefficient (Wildman–Crippen LogP) is 3.69. The SMILES string of the molecule is COc1ccc(C=CC(=O)Nc2ccc(Cl)cc2)cc1S(=O)(=O)NC(C)C. The number of anilines is 1. The van der Waals surface area contributed by atoms with Crippen molar-refractivity contribution in [3.8, 4) is 5.75 Å². The number of amides is 1. The molecule has 0 unspecified atom stereocenters. The normalized spacial score (nSPS) is 11.7. The molecule has 6 nitrogen and oxygen atoms in total. The van der Waals surface area contributed by atoms with Crippen LogP contribution in [0.1, 0.15) is 19.4 Å². The second-order valence-electron chi connectivity index (χ2n) is 6.02. The third-order valence-electron chi connectivity index (χ3n) is 3.41. The lowest BCUT2D eigenvalue weighted by Crippen LogP contribution is -2.30. The highest BCUT2D eigenvalue weighted by atomic mass is 35.5. The molecule has 0 atom stereocenters. The van der Waals surface area contributed by atoms with E-state index >= 15 is 0 Å². The Hall–Kier alpha value is -2.35. The van der Waals surface area contributed by atoms with Crippen molar-refractivity contribution in [2.75, 3.05) is 12.4 Å². The molecule has 0 aliphatic heterocycles. The summed E-state index contributed by atoms with van der Waals surface area (Å²) in [6.45, 7) is 3.46. The van der Waals surface area contributed by atoms with Crippen LogP contribution in [0, 0.1) is 0 Å². The summed E-state index contributed by atoms with van der Waals surface area (Å²) in [7, 11) is -2.34. The molecule has 0 spiro atoms. The summed E-state index contributed by atoms with van der Waals surface area (Å²) in [5.41, 5.74) is 1.15. The van der Waals surface area contributed by atoms with Gasteiger partial charge in [-0.15, -0.1) is 0 Å². The maximum atomic E-state index is 12.5. The Balaban J connectivity index is 2.21. The Morgan fingerprint density at radius 2 is 1.81 bits per heavy atom. The summed E-state index contributed by atoms with van der Waals surface area (Å²) >= 11 is 5.81. The van der Waals surface area contributed by atoms with E-state index in [0.29, 0.717) is 16.3 Å². The molecule has 0 radical (unpaired) electrons. The van der Waals surface area contributed by atoms with Gasteiger partial charge < -0.3 is 10.1 Å². The van der Waals surface area contributed by atoms with Crippen LogP contribution in [0.5, 0.6) is 5.75 Å². The highest BCUT2D eigenvalue weighted by molar-refractivity contribution is 7.89. The zero-order valence-electron chi connectivity index (χ0n) is 15.2. The van der Waals surface area contributed by atoms with E-state index in [1.807, 2.05) is 0 Å². The third-order valence-corrected chi connectivity index (χ3v) is 5.34. The van der Waals surface area contributed by atoms with Gasteiger partial charge in [0, 0.05) is 22.8 Å². The number of ether oxygens (including phenoxy) is 1. The van der Waals surface area contributed by atoms with Crippen molar-refractivity contribution in [3.63, 3.8) is 0 Å². The number of halogens is 1. The van der Waals surface area contributed by atoms with Crippen LogP contribution in [0.2, 0.25) is 5.02 Å². The molecule has 0 bridgehead atoms. The number of carbonyl (C=O) groups excluding carboxylic acids is 1. The molecule has 0 aliphatic carbocycles. The van der Waals surface area contributed by atoms with Crippen molar-refractivity contribution < 1.29 is 17.9 Å². The average Bonchev–Trinajstić information content (AvgIpc) is 2.60. The summed E-state index contributed by atoms with van der Waals surface area (Å²) in [5.74, 6) is -0.122. The second-order valence-corrected chi connectivity index (χ2v) is 8.13. The van der Waals surface area contributed by atoms with Crippen LogP contribution < -0.4 is 14.8 Å². The number of sulfonamides is 1. The van der Waals surface area contributed by atoms with Crippen LogP contribution in [-0.4, -0.2) is 27.5 Å². The highest BCUT2D eigenvalue weighted by Gasteiger charge is 2.20. The molecule has 2 aromatic rings. The van der Waals surface area contributed by atoms with Crippen molar-refractivity contribution in [3.05, 3.63) is 59.1 Å². The number of nitrogens with one attached hydrogen (secondary N) is 2. The lowest BCUT2D eigenvalue weighted by molar-refractivity contribution is -0.111. The molecule has 0 aromatic heterocycles. The molecule has 1 amide bonds. The van der Waals surface area contributed by atoms with Crippen molar-refractivity contribution >= 4 is 39.3 Å². The maximum absolute atomic E-state index is 12.5.